The Bertz CT molecular complexity index is 570. The molecule has 104 valence electrons. The molecular formula is C16H18N2O2. The third kappa shape index (κ3) is 3.75. The molecule has 0 radical (unpaired) electrons. The average molecular weight is 270 g/mol. The number of nitrogens with one attached hydrogen (secondary N) is 2. The Kier molecular flexibility index (Phi) is 4.60. The van der Waals surface area contributed by atoms with Gasteiger partial charge in [0.05, 0.1) is 0 Å². The van der Waals surface area contributed by atoms with Gasteiger partial charge in [0.2, 0.25) is 5.91 Å². The Balaban J connectivity index is 2.06. The smallest absolute Gasteiger partial charge is 0.241 e. The zero-order valence-corrected chi connectivity index (χ0v) is 11.6. The van der Waals surface area contributed by atoms with Gasteiger partial charge in [0, 0.05) is 18.8 Å². The molecule has 0 saturated carbocycles. The highest BCUT2D eigenvalue weighted by molar-refractivity contribution is 5.83. The van der Waals surface area contributed by atoms with Gasteiger partial charge in [-0.15, -0.1) is 0 Å². The molecule has 0 spiro atoms. The van der Waals surface area contributed by atoms with E-state index in [1.807, 2.05) is 61.5 Å². The fourth-order valence-electron chi connectivity index (χ4n) is 1.81. The monoisotopic (exact) mass is 270 g/mol. The van der Waals surface area contributed by atoms with E-state index in [0.29, 0.717) is 0 Å². The molecule has 0 aliphatic carbocycles. The van der Waals surface area contributed by atoms with Crippen LogP contribution in [0.2, 0.25) is 0 Å². The lowest BCUT2D eigenvalue weighted by Gasteiger charge is -2.14. The van der Waals surface area contributed by atoms with Gasteiger partial charge in [0.1, 0.15) is 17.5 Å². The van der Waals surface area contributed by atoms with Crippen molar-refractivity contribution in [2.24, 2.45) is 0 Å². The van der Waals surface area contributed by atoms with Crippen molar-refractivity contribution in [1.29, 1.82) is 0 Å². The second-order valence-corrected chi connectivity index (χ2v) is 4.42. The maximum Gasteiger partial charge on any atom is 0.241 e. The minimum atomic E-state index is -0.299. The summed E-state index contributed by atoms with van der Waals surface area (Å²) in [5.41, 5.74) is 0.842. The van der Waals surface area contributed by atoms with E-state index in [4.69, 9.17) is 4.74 Å². The van der Waals surface area contributed by atoms with E-state index in [1.54, 1.807) is 7.05 Å². The molecule has 0 fully saturated rings. The number of hydrogen-bond acceptors (Lipinski definition) is 3. The van der Waals surface area contributed by atoms with Crippen LogP contribution >= 0.6 is 0 Å². The van der Waals surface area contributed by atoms with Gasteiger partial charge in [0.25, 0.3) is 0 Å². The number of benzene rings is 2. The molecule has 20 heavy (non-hydrogen) atoms. The van der Waals surface area contributed by atoms with Crippen molar-refractivity contribution in [3.8, 4) is 11.5 Å². The third-order valence-corrected chi connectivity index (χ3v) is 2.84. The molecule has 0 aliphatic rings. The fourth-order valence-corrected chi connectivity index (χ4v) is 1.81. The lowest BCUT2D eigenvalue weighted by atomic mass is 10.2. The van der Waals surface area contributed by atoms with Gasteiger partial charge in [-0.25, -0.2) is 0 Å². The van der Waals surface area contributed by atoms with Crippen molar-refractivity contribution >= 4 is 11.6 Å². The fraction of sp³-hybridized carbons (Fsp3) is 0.188. The lowest BCUT2D eigenvalue weighted by molar-refractivity contribution is -0.121. The minimum Gasteiger partial charge on any atom is -0.457 e. The predicted octanol–water partition coefficient (Wildman–Crippen LogP) is 3.03. The van der Waals surface area contributed by atoms with E-state index >= 15 is 0 Å². The largest absolute Gasteiger partial charge is 0.457 e. The van der Waals surface area contributed by atoms with Gasteiger partial charge in [0.15, 0.2) is 0 Å². The molecule has 2 aromatic rings. The van der Waals surface area contributed by atoms with Crippen molar-refractivity contribution in [2.45, 2.75) is 13.0 Å². The zero-order chi connectivity index (χ0) is 14.4. The number of likely N-dealkylation sites (N-methyl/N-ethyl adjacent to an activating group) is 1. The molecule has 0 aliphatic heterocycles. The summed E-state index contributed by atoms with van der Waals surface area (Å²) in [6.45, 7) is 1.81. The standard InChI is InChI=1S/C16H18N2O2/c1-12(16(19)17-2)18-13-7-6-10-15(11-13)20-14-8-4-3-5-9-14/h3-12,18H,1-2H3,(H,17,19). The predicted molar refractivity (Wildman–Crippen MR) is 80.1 cm³/mol. The SMILES string of the molecule is CNC(=O)C(C)Nc1cccc(Oc2ccccc2)c1. The second kappa shape index (κ2) is 6.61. The van der Waals surface area contributed by atoms with Crippen LogP contribution in [0.25, 0.3) is 0 Å². The molecule has 2 aromatic carbocycles. The van der Waals surface area contributed by atoms with E-state index in [2.05, 4.69) is 10.6 Å². The van der Waals surface area contributed by atoms with Gasteiger partial charge in [-0.3, -0.25) is 4.79 Å². The highest BCUT2D eigenvalue weighted by Crippen LogP contribution is 2.24. The Morgan fingerprint density at radius 1 is 1.05 bits per heavy atom. The van der Waals surface area contributed by atoms with Crippen molar-refractivity contribution in [2.75, 3.05) is 12.4 Å². The van der Waals surface area contributed by atoms with Crippen LogP contribution in [0.1, 0.15) is 6.92 Å². The van der Waals surface area contributed by atoms with E-state index in [-0.39, 0.29) is 11.9 Å². The maximum absolute atomic E-state index is 11.5. The molecule has 0 bridgehead atoms. The molecule has 1 atom stereocenters. The summed E-state index contributed by atoms with van der Waals surface area (Å²) < 4.78 is 5.75. The first kappa shape index (κ1) is 13.9. The third-order valence-electron chi connectivity index (χ3n) is 2.84. The Morgan fingerprint density at radius 2 is 1.75 bits per heavy atom. The molecule has 0 aromatic heterocycles. The number of carbonyl (C=O) groups is 1. The molecule has 2 N–H and O–H groups in total. The Labute approximate surface area is 118 Å². The maximum atomic E-state index is 11.5. The summed E-state index contributed by atoms with van der Waals surface area (Å²) in [7, 11) is 1.62. The Morgan fingerprint density at radius 3 is 2.45 bits per heavy atom. The highest BCUT2D eigenvalue weighted by Gasteiger charge is 2.10. The molecule has 0 saturated heterocycles. The van der Waals surface area contributed by atoms with Gasteiger partial charge < -0.3 is 15.4 Å². The number of ether oxygens (including phenoxy) is 1. The van der Waals surface area contributed by atoms with Crippen LogP contribution in [0.3, 0.4) is 0 Å². The van der Waals surface area contributed by atoms with Gasteiger partial charge in [-0.05, 0) is 31.2 Å². The van der Waals surface area contributed by atoms with Gasteiger partial charge >= 0.3 is 0 Å². The molecule has 1 amide bonds. The van der Waals surface area contributed by atoms with Crippen LogP contribution in [0.15, 0.2) is 54.6 Å². The topological polar surface area (TPSA) is 50.4 Å². The van der Waals surface area contributed by atoms with Crippen LogP contribution in [0.4, 0.5) is 5.69 Å². The Hall–Kier alpha value is -2.49. The molecule has 0 heterocycles. The minimum absolute atomic E-state index is 0.0561. The van der Waals surface area contributed by atoms with E-state index < -0.39 is 0 Å². The van der Waals surface area contributed by atoms with E-state index in [9.17, 15) is 4.79 Å². The average Bonchev–Trinajstić information content (AvgIpc) is 2.47. The molecular weight excluding hydrogens is 252 g/mol. The van der Waals surface area contributed by atoms with Crippen LogP contribution in [-0.4, -0.2) is 19.0 Å². The molecule has 4 nitrogen and oxygen atoms in total. The van der Waals surface area contributed by atoms with Gasteiger partial charge in [-0.2, -0.15) is 0 Å². The van der Waals surface area contributed by atoms with E-state index in [0.717, 1.165) is 17.2 Å². The first-order chi connectivity index (χ1) is 9.69. The van der Waals surface area contributed by atoms with Gasteiger partial charge in [-0.1, -0.05) is 24.3 Å². The number of anilines is 1. The number of hydrogen-bond donors (Lipinski definition) is 2. The quantitative estimate of drug-likeness (QED) is 0.878. The number of carbonyl (C=O) groups excluding carboxylic acids is 1. The van der Waals surface area contributed by atoms with Crippen molar-refractivity contribution in [3.63, 3.8) is 0 Å². The number of para-hydroxylation sites is 1. The summed E-state index contributed by atoms with van der Waals surface area (Å²) in [5, 5.41) is 5.73. The van der Waals surface area contributed by atoms with Crippen LogP contribution in [-0.2, 0) is 4.79 Å². The normalized spacial score (nSPS) is 11.5. The summed E-state index contributed by atoms with van der Waals surface area (Å²) >= 11 is 0. The number of rotatable bonds is 5. The molecule has 2 rings (SSSR count). The van der Waals surface area contributed by atoms with Crippen LogP contribution in [0, 0.1) is 0 Å². The number of amides is 1. The van der Waals surface area contributed by atoms with E-state index in [1.165, 1.54) is 0 Å². The molecule has 4 heteroatoms. The first-order valence-electron chi connectivity index (χ1n) is 6.50. The lowest BCUT2D eigenvalue weighted by Crippen LogP contribution is -2.35. The van der Waals surface area contributed by atoms with Crippen LogP contribution < -0.4 is 15.4 Å². The second-order valence-electron chi connectivity index (χ2n) is 4.42. The molecule has 1 unspecified atom stereocenters. The summed E-state index contributed by atoms with van der Waals surface area (Å²) in [6, 6.07) is 16.8. The summed E-state index contributed by atoms with van der Waals surface area (Å²) in [6.07, 6.45) is 0. The van der Waals surface area contributed by atoms with Crippen molar-refractivity contribution in [1.82, 2.24) is 5.32 Å². The van der Waals surface area contributed by atoms with Crippen molar-refractivity contribution in [3.05, 3.63) is 54.6 Å². The summed E-state index contributed by atoms with van der Waals surface area (Å²) in [5.74, 6) is 1.45. The zero-order valence-electron chi connectivity index (χ0n) is 11.6. The first-order valence-corrected chi connectivity index (χ1v) is 6.50. The summed E-state index contributed by atoms with van der Waals surface area (Å²) in [4.78, 5) is 11.5. The van der Waals surface area contributed by atoms with Crippen LogP contribution in [0.5, 0.6) is 11.5 Å². The highest BCUT2D eigenvalue weighted by atomic mass is 16.5. The van der Waals surface area contributed by atoms with Crippen molar-refractivity contribution < 1.29 is 9.53 Å².